The molecule has 1 aliphatic rings. The van der Waals surface area contributed by atoms with Crippen LogP contribution in [0, 0.1) is 5.41 Å². The van der Waals surface area contributed by atoms with Gasteiger partial charge in [0.15, 0.2) is 0 Å². The molecule has 3 aromatic rings. The molecule has 0 heterocycles. The van der Waals surface area contributed by atoms with Crippen molar-refractivity contribution in [3.63, 3.8) is 0 Å². The molecule has 0 fully saturated rings. The van der Waals surface area contributed by atoms with Crippen LogP contribution in [-0.4, -0.2) is 11.6 Å². The Bertz CT molecular complexity index is 1180. The summed E-state index contributed by atoms with van der Waals surface area (Å²) in [5, 5.41) is 4.38. The number of allylic oxidation sites excluding steroid dienone is 2. The van der Waals surface area contributed by atoms with E-state index in [4.69, 9.17) is 4.84 Å². The first-order valence-electron chi connectivity index (χ1n) is 11.6. The van der Waals surface area contributed by atoms with Crippen molar-refractivity contribution >= 4 is 17.3 Å². The molecule has 0 saturated heterocycles. The number of hydrogen-bond donors (Lipinski definition) is 0. The molecular formula is C30H30N2O2. The third-order valence-electron chi connectivity index (χ3n) is 5.95. The summed E-state index contributed by atoms with van der Waals surface area (Å²) in [4.78, 5) is 21.5. The van der Waals surface area contributed by atoms with Crippen molar-refractivity contribution in [3.05, 3.63) is 126 Å². The smallest absolute Gasteiger partial charge is 0.240 e. The Morgan fingerprint density at radius 3 is 2.15 bits per heavy atom. The molecule has 1 amide bonds. The number of amides is 1. The fourth-order valence-corrected chi connectivity index (χ4v) is 4.07. The fraction of sp³-hybridized carbons (Fsp3) is 0.200. The van der Waals surface area contributed by atoms with E-state index in [0.29, 0.717) is 13.2 Å². The Morgan fingerprint density at radius 1 is 0.882 bits per heavy atom. The van der Waals surface area contributed by atoms with Gasteiger partial charge in [-0.1, -0.05) is 108 Å². The summed E-state index contributed by atoms with van der Waals surface area (Å²) in [5.74, 6) is 0.0222. The highest BCUT2D eigenvalue weighted by Gasteiger charge is 2.34. The lowest BCUT2D eigenvalue weighted by Gasteiger charge is -2.33. The van der Waals surface area contributed by atoms with Gasteiger partial charge in [0.05, 0.1) is 23.4 Å². The molecule has 4 nitrogen and oxygen atoms in total. The van der Waals surface area contributed by atoms with Gasteiger partial charge in [-0.15, -0.1) is 0 Å². The third-order valence-corrected chi connectivity index (χ3v) is 5.95. The molecule has 4 rings (SSSR count). The summed E-state index contributed by atoms with van der Waals surface area (Å²) in [5.41, 5.74) is 3.82. The van der Waals surface area contributed by atoms with Crippen LogP contribution in [0.3, 0.4) is 0 Å². The lowest BCUT2D eigenvalue weighted by molar-refractivity contribution is -0.123. The molecule has 172 valence electrons. The van der Waals surface area contributed by atoms with Crippen LogP contribution in [0.25, 0.3) is 0 Å². The van der Waals surface area contributed by atoms with Crippen molar-refractivity contribution in [2.75, 3.05) is 4.90 Å². The quantitative estimate of drug-likeness (QED) is 0.218. The van der Waals surface area contributed by atoms with Gasteiger partial charge in [0, 0.05) is 5.56 Å². The van der Waals surface area contributed by atoms with Gasteiger partial charge in [0.1, 0.15) is 6.61 Å². The second-order valence-electron chi connectivity index (χ2n) is 8.65. The lowest BCUT2D eigenvalue weighted by Crippen LogP contribution is -2.41. The molecule has 3 aromatic carbocycles. The number of para-hydroxylation sites is 1. The largest absolute Gasteiger partial charge is 0.391 e. The van der Waals surface area contributed by atoms with Gasteiger partial charge < -0.3 is 9.74 Å². The molecule has 0 atom stereocenters. The van der Waals surface area contributed by atoms with Gasteiger partial charge in [-0.3, -0.25) is 4.79 Å². The molecule has 4 heteroatoms. The molecule has 34 heavy (non-hydrogen) atoms. The van der Waals surface area contributed by atoms with Crippen LogP contribution in [-0.2, 0) is 22.8 Å². The first kappa shape index (κ1) is 23.2. The van der Waals surface area contributed by atoms with Crippen LogP contribution in [0.4, 0.5) is 5.69 Å². The zero-order valence-electron chi connectivity index (χ0n) is 19.7. The molecule has 0 spiro atoms. The van der Waals surface area contributed by atoms with E-state index in [9.17, 15) is 4.79 Å². The van der Waals surface area contributed by atoms with Crippen molar-refractivity contribution in [1.29, 1.82) is 0 Å². The molecular weight excluding hydrogens is 420 g/mol. The molecule has 0 saturated carbocycles. The highest BCUT2D eigenvalue weighted by Crippen LogP contribution is 2.33. The predicted molar refractivity (Wildman–Crippen MR) is 139 cm³/mol. The monoisotopic (exact) mass is 450 g/mol. The number of hydrogen-bond acceptors (Lipinski definition) is 3. The SMILES string of the molecule is C/C(=N\OCc1ccccc1)c1ccccc1N(Cc1ccccc1)C(=O)C1(C)C=CCC=C1. The van der Waals surface area contributed by atoms with Crippen LogP contribution in [0.15, 0.2) is 114 Å². The van der Waals surface area contributed by atoms with E-state index >= 15 is 0 Å². The molecule has 0 aromatic heterocycles. The third kappa shape index (κ3) is 5.52. The zero-order chi connectivity index (χ0) is 23.8. The van der Waals surface area contributed by atoms with Crippen LogP contribution in [0.5, 0.6) is 0 Å². The maximum atomic E-state index is 14.0. The minimum Gasteiger partial charge on any atom is -0.391 e. The number of oxime groups is 1. The van der Waals surface area contributed by atoms with E-state index in [2.05, 4.69) is 17.3 Å². The Kier molecular flexibility index (Phi) is 7.38. The highest BCUT2D eigenvalue weighted by atomic mass is 16.6. The topological polar surface area (TPSA) is 41.9 Å². The highest BCUT2D eigenvalue weighted by molar-refractivity contribution is 6.08. The normalized spacial score (nSPS) is 14.6. The first-order valence-corrected chi connectivity index (χ1v) is 11.6. The molecule has 0 N–H and O–H groups in total. The maximum Gasteiger partial charge on any atom is 0.240 e. The molecule has 0 unspecified atom stereocenters. The van der Waals surface area contributed by atoms with E-state index in [-0.39, 0.29) is 5.91 Å². The Labute approximate surface area is 201 Å². The predicted octanol–water partition coefficient (Wildman–Crippen LogP) is 6.68. The van der Waals surface area contributed by atoms with Crippen molar-refractivity contribution in [2.24, 2.45) is 10.6 Å². The van der Waals surface area contributed by atoms with Gasteiger partial charge in [-0.05, 0) is 37.5 Å². The van der Waals surface area contributed by atoms with Crippen LogP contribution < -0.4 is 4.90 Å². The summed E-state index contributed by atoms with van der Waals surface area (Å²) in [6.45, 7) is 4.73. The van der Waals surface area contributed by atoms with Gasteiger partial charge in [0.2, 0.25) is 5.91 Å². The zero-order valence-corrected chi connectivity index (χ0v) is 19.7. The van der Waals surface area contributed by atoms with Crippen molar-refractivity contribution in [1.82, 2.24) is 0 Å². The van der Waals surface area contributed by atoms with Crippen molar-refractivity contribution < 1.29 is 9.63 Å². The lowest BCUT2D eigenvalue weighted by atomic mass is 9.84. The number of anilines is 1. The summed E-state index contributed by atoms with van der Waals surface area (Å²) < 4.78 is 0. The number of nitrogens with zero attached hydrogens (tertiary/aromatic N) is 2. The molecule has 0 radical (unpaired) electrons. The Morgan fingerprint density at radius 2 is 1.47 bits per heavy atom. The average Bonchev–Trinajstić information content (AvgIpc) is 2.88. The molecule has 0 bridgehead atoms. The number of carbonyl (C=O) groups excluding carboxylic acids is 1. The van der Waals surface area contributed by atoms with E-state index < -0.39 is 5.41 Å². The summed E-state index contributed by atoms with van der Waals surface area (Å²) in [6, 6.07) is 27.9. The van der Waals surface area contributed by atoms with Crippen LogP contribution in [0.1, 0.15) is 37.0 Å². The standard InChI is InChI=1S/C30H30N2O2/c1-24(31-34-23-26-16-8-4-9-17-26)27-18-10-11-19-28(27)32(22-25-14-6-3-7-15-25)29(33)30(2)20-12-5-13-21-30/h3-4,6-21H,5,22-23H2,1-2H3/b31-24+. The average molecular weight is 451 g/mol. The van der Waals surface area contributed by atoms with Crippen molar-refractivity contribution in [2.45, 2.75) is 33.4 Å². The van der Waals surface area contributed by atoms with Crippen LogP contribution in [0.2, 0.25) is 0 Å². The summed E-state index contributed by atoms with van der Waals surface area (Å²) >= 11 is 0. The summed E-state index contributed by atoms with van der Waals surface area (Å²) in [7, 11) is 0. The van der Waals surface area contributed by atoms with Crippen LogP contribution >= 0.6 is 0 Å². The van der Waals surface area contributed by atoms with E-state index in [0.717, 1.165) is 34.5 Å². The first-order chi connectivity index (χ1) is 16.6. The second-order valence-corrected chi connectivity index (χ2v) is 8.65. The Balaban J connectivity index is 1.66. The molecule has 0 aliphatic heterocycles. The van der Waals surface area contributed by atoms with E-state index in [1.807, 2.05) is 116 Å². The van der Waals surface area contributed by atoms with Gasteiger partial charge in [0.25, 0.3) is 0 Å². The van der Waals surface area contributed by atoms with Gasteiger partial charge in [-0.2, -0.15) is 0 Å². The maximum absolute atomic E-state index is 14.0. The molecule has 1 aliphatic carbocycles. The van der Waals surface area contributed by atoms with E-state index in [1.165, 1.54) is 0 Å². The summed E-state index contributed by atoms with van der Waals surface area (Å²) in [6.07, 6.45) is 8.95. The van der Waals surface area contributed by atoms with Gasteiger partial charge in [-0.25, -0.2) is 0 Å². The van der Waals surface area contributed by atoms with Crippen molar-refractivity contribution in [3.8, 4) is 0 Å². The fourth-order valence-electron chi connectivity index (χ4n) is 4.07. The number of rotatable bonds is 8. The minimum absolute atomic E-state index is 0.0222. The van der Waals surface area contributed by atoms with E-state index in [1.54, 1.807) is 0 Å². The number of benzene rings is 3. The number of carbonyl (C=O) groups is 1. The minimum atomic E-state index is -0.699. The Hall–Kier alpha value is -3.92. The second kappa shape index (κ2) is 10.8. The van der Waals surface area contributed by atoms with Gasteiger partial charge >= 0.3 is 0 Å².